The molecule has 2 aromatic rings. The number of rotatable bonds is 5. The van der Waals surface area contributed by atoms with Crippen LogP contribution in [-0.2, 0) is 6.42 Å². The number of carboxylic acid groups (broad SMARTS) is 1. The standard InChI is InChI=1S/C15H13FN2O3/c16-12-4-2-1-3-10(12)7-8-17-14(19)13-6-5-11(9-18-13)15(20)21/h1-6,9H,7-8H2,(H,17,19)(H,20,21). The lowest BCUT2D eigenvalue weighted by Gasteiger charge is -2.06. The highest BCUT2D eigenvalue weighted by molar-refractivity contribution is 5.93. The number of benzene rings is 1. The fourth-order valence-electron chi connectivity index (χ4n) is 1.76. The number of carboxylic acids is 1. The molecule has 1 amide bonds. The van der Waals surface area contributed by atoms with Crippen LogP contribution in [0.1, 0.15) is 26.4 Å². The second-order valence-corrected chi connectivity index (χ2v) is 4.33. The van der Waals surface area contributed by atoms with Crippen molar-refractivity contribution in [3.8, 4) is 0 Å². The molecule has 0 bridgehead atoms. The van der Waals surface area contributed by atoms with Gasteiger partial charge < -0.3 is 10.4 Å². The number of carbonyl (C=O) groups excluding carboxylic acids is 1. The molecule has 0 atom stereocenters. The molecule has 6 heteroatoms. The molecular weight excluding hydrogens is 275 g/mol. The summed E-state index contributed by atoms with van der Waals surface area (Å²) in [5.74, 6) is -1.84. The average molecular weight is 288 g/mol. The molecule has 0 fully saturated rings. The van der Waals surface area contributed by atoms with E-state index in [-0.39, 0.29) is 23.6 Å². The number of nitrogens with zero attached hydrogens (tertiary/aromatic N) is 1. The Morgan fingerprint density at radius 3 is 2.57 bits per heavy atom. The molecule has 0 radical (unpaired) electrons. The molecule has 2 N–H and O–H groups in total. The van der Waals surface area contributed by atoms with E-state index in [2.05, 4.69) is 10.3 Å². The predicted octanol–water partition coefficient (Wildman–Crippen LogP) is 1.89. The van der Waals surface area contributed by atoms with Crippen molar-refractivity contribution in [3.63, 3.8) is 0 Å². The summed E-state index contributed by atoms with van der Waals surface area (Å²) in [6.07, 6.45) is 1.49. The van der Waals surface area contributed by atoms with E-state index in [1.54, 1.807) is 18.2 Å². The lowest BCUT2D eigenvalue weighted by Crippen LogP contribution is -2.26. The van der Waals surface area contributed by atoms with E-state index in [4.69, 9.17) is 5.11 Å². The highest BCUT2D eigenvalue weighted by Crippen LogP contribution is 2.06. The van der Waals surface area contributed by atoms with E-state index < -0.39 is 11.9 Å². The fourth-order valence-corrected chi connectivity index (χ4v) is 1.76. The molecule has 0 aliphatic heterocycles. The Kier molecular flexibility index (Phi) is 4.61. The lowest BCUT2D eigenvalue weighted by atomic mass is 10.1. The van der Waals surface area contributed by atoms with Crippen molar-refractivity contribution in [1.29, 1.82) is 0 Å². The lowest BCUT2D eigenvalue weighted by molar-refractivity contribution is 0.0695. The van der Waals surface area contributed by atoms with Crippen LogP contribution in [-0.4, -0.2) is 28.5 Å². The van der Waals surface area contributed by atoms with Gasteiger partial charge in [0.25, 0.3) is 5.91 Å². The van der Waals surface area contributed by atoms with Crippen molar-refractivity contribution in [2.24, 2.45) is 0 Å². The number of carbonyl (C=O) groups is 2. The largest absolute Gasteiger partial charge is 0.478 e. The maximum atomic E-state index is 13.4. The molecule has 0 saturated heterocycles. The first kappa shape index (κ1) is 14.6. The zero-order valence-corrected chi connectivity index (χ0v) is 11.0. The highest BCUT2D eigenvalue weighted by atomic mass is 19.1. The Hall–Kier alpha value is -2.76. The number of aromatic carboxylic acids is 1. The first-order valence-electron chi connectivity index (χ1n) is 6.29. The molecule has 108 valence electrons. The van der Waals surface area contributed by atoms with Gasteiger partial charge in [-0.1, -0.05) is 18.2 Å². The molecule has 0 saturated carbocycles. The van der Waals surface area contributed by atoms with Gasteiger partial charge in [-0.15, -0.1) is 0 Å². The number of amides is 1. The minimum Gasteiger partial charge on any atom is -0.478 e. The molecule has 5 nitrogen and oxygen atoms in total. The Labute approximate surface area is 120 Å². The third-order valence-electron chi connectivity index (χ3n) is 2.88. The Balaban J connectivity index is 1.90. The minimum atomic E-state index is -1.10. The number of hydrogen-bond donors (Lipinski definition) is 2. The van der Waals surface area contributed by atoms with Crippen LogP contribution in [0.25, 0.3) is 0 Å². The summed E-state index contributed by atoms with van der Waals surface area (Å²) in [5.41, 5.74) is 0.651. The van der Waals surface area contributed by atoms with Gasteiger partial charge in [-0.3, -0.25) is 9.78 Å². The van der Waals surface area contributed by atoms with Crippen molar-refractivity contribution < 1.29 is 19.1 Å². The quantitative estimate of drug-likeness (QED) is 0.880. The van der Waals surface area contributed by atoms with Crippen LogP contribution in [0.3, 0.4) is 0 Å². The summed E-state index contributed by atoms with van der Waals surface area (Å²) in [4.78, 5) is 26.2. The number of hydrogen-bond acceptors (Lipinski definition) is 3. The van der Waals surface area contributed by atoms with E-state index in [1.807, 2.05) is 0 Å². The maximum absolute atomic E-state index is 13.4. The highest BCUT2D eigenvalue weighted by Gasteiger charge is 2.09. The number of nitrogens with one attached hydrogen (secondary N) is 1. The van der Waals surface area contributed by atoms with Crippen molar-refractivity contribution in [3.05, 3.63) is 65.2 Å². The van der Waals surface area contributed by atoms with Gasteiger partial charge in [0.05, 0.1) is 5.56 Å². The fraction of sp³-hybridized carbons (Fsp3) is 0.133. The maximum Gasteiger partial charge on any atom is 0.337 e. The van der Waals surface area contributed by atoms with Gasteiger partial charge in [-0.2, -0.15) is 0 Å². The zero-order chi connectivity index (χ0) is 15.2. The number of aromatic nitrogens is 1. The van der Waals surface area contributed by atoms with Crippen LogP contribution in [0, 0.1) is 5.82 Å². The Bertz CT molecular complexity index is 656. The first-order chi connectivity index (χ1) is 10.1. The van der Waals surface area contributed by atoms with Crippen LogP contribution in [0.15, 0.2) is 42.6 Å². The third kappa shape index (κ3) is 3.85. The van der Waals surface area contributed by atoms with E-state index in [0.717, 1.165) is 6.20 Å². The molecule has 0 unspecified atom stereocenters. The third-order valence-corrected chi connectivity index (χ3v) is 2.88. The molecule has 1 aromatic carbocycles. The average Bonchev–Trinajstić information content (AvgIpc) is 2.49. The minimum absolute atomic E-state index is 0.0120. The summed E-state index contributed by atoms with van der Waals surface area (Å²) >= 11 is 0. The van der Waals surface area contributed by atoms with Crippen molar-refractivity contribution in [2.45, 2.75) is 6.42 Å². The molecule has 1 heterocycles. The van der Waals surface area contributed by atoms with Gasteiger partial charge in [-0.25, -0.2) is 9.18 Å². The SMILES string of the molecule is O=C(O)c1ccc(C(=O)NCCc2ccccc2F)nc1. The normalized spacial score (nSPS) is 10.1. The van der Waals surface area contributed by atoms with E-state index in [9.17, 15) is 14.0 Å². The molecule has 0 aliphatic carbocycles. The van der Waals surface area contributed by atoms with Crippen LogP contribution in [0.2, 0.25) is 0 Å². The molecule has 21 heavy (non-hydrogen) atoms. The van der Waals surface area contributed by atoms with Crippen molar-refractivity contribution in [1.82, 2.24) is 10.3 Å². The van der Waals surface area contributed by atoms with Gasteiger partial charge in [0.1, 0.15) is 11.5 Å². The number of halogens is 1. The summed E-state index contributed by atoms with van der Waals surface area (Å²) in [7, 11) is 0. The summed E-state index contributed by atoms with van der Waals surface area (Å²) < 4.78 is 13.4. The van der Waals surface area contributed by atoms with Crippen LogP contribution >= 0.6 is 0 Å². The van der Waals surface area contributed by atoms with Gasteiger partial charge in [0.15, 0.2) is 0 Å². The molecule has 2 rings (SSSR count). The van der Waals surface area contributed by atoms with Gasteiger partial charge in [0.2, 0.25) is 0 Å². The van der Waals surface area contributed by atoms with E-state index in [1.165, 1.54) is 18.2 Å². The number of pyridine rings is 1. The monoisotopic (exact) mass is 288 g/mol. The van der Waals surface area contributed by atoms with Crippen LogP contribution in [0.5, 0.6) is 0 Å². The van der Waals surface area contributed by atoms with Gasteiger partial charge >= 0.3 is 5.97 Å². The topological polar surface area (TPSA) is 79.3 Å². The van der Waals surface area contributed by atoms with Crippen LogP contribution < -0.4 is 5.32 Å². The van der Waals surface area contributed by atoms with Crippen molar-refractivity contribution in [2.75, 3.05) is 6.54 Å². The Morgan fingerprint density at radius 2 is 1.95 bits per heavy atom. The summed E-state index contributed by atoms with van der Waals surface area (Å²) in [6.45, 7) is 0.266. The molecule has 0 aliphatic rings. The predicted molar refractivity (Wildman–Crippen MR) is 73.6 cm³/mol. The molecule has 0 spiro atoms. The van der Waals surface area contributed by atoms with Gasteiger partial charge in [0, 0.05) is 12.7 Å². The first-order valence-corrected chi connectivity index (χ1v) is 6.29. The molecular formula is C15H13FN2O3. The zero-order valence-electron chi connectivity index (χ0n) is 11.0. The van der Waals surface area contributed by atoms with Crippen molar-refractivity contribution >= 4 is 11.9 Å². The van der Waals surface area contributed by atoms with Gasteiger partial charge in [-0.05, 0) is 30.2 Å². The summed E-state index contributed by atoms with van der Waals surface area (Å²) in [5, 5.41) is 11.3. The second-order valence-electron chi connectivity index (χ2n) is 4.33. The summed E-state index contributed by atoms with van der Waals surface area (Å²) in [6, 6.07) is 8.99. The second kappa shape index (κ2) is 6.60. The molecule has 1 aromatic heterocycles. The van der Waals surface area contributed by atoms with E-state index in [0.29, 0.717) is 12.0 Å². The van der Waals surface area contributed by atoms with Crippen LogP contribution in [0.4, 0.5) is 4.39 Å². The Morgan fingerprint density at radius 1 is 1.19 bits per heavy atom. The smallest absolute Gasteiger partial charge is 0.337 e. The van der Waals surface area contributed by atoms with E-state index >= 15 is 0 Å².